The zero-order valence-corrected chi connectivity index (χ0v) is 10.3. The maximum atomic E-state index is 5.81. The van der Waals surface area contributed by atoms with Crippen LogP contribution in [0, 0.1) is 0 Å². The van der Waals surface area contributed by atoms with Crippen molar-refractivity contribution in [2.24, 2.45) is 0 Å². The van der Waals surface area contributed by atoms with Crippen molar-refractivity contribution in [3.8, 4) is 0 Å². The van der Waals surface area contributed by atoms with Crippen molar-refractivity contribution < 1.29 is 0 Å². The fraction of sp³-hybridized carbons (Fsp3) is 0.200. The van der Waals surface area contributed by atoms with E-state index in [0.717, 1.165) is 10.6 Å². The Bertz CT molecular complexity index is 480. The van der Waals surface area contributed by atoms with Crippen LogP contribution in [0.2, 0.25) is 5.02 Å². The van der Waals surface area contributed by atoms with Crippen LogP contribution in [0.3, 0.4) is 0 Å². The van der Waals surface area contributed by atoms with Crippen LogP contribution in [0.1, 0.15) is 5.56 Å². The molecule has 4 nitrogen and oxygen atoms in total. The van der Waals surface area contributed by atoms with Crippen molar-refractivity contribution in [2.75, 3.05) is 12.0 Å². The molecule has 0 aliphatic heterocycles. The first kappa shape index (κ1) is 11.3. The molecule has 0 amide bonds. The summed E-state index contributed by atoms with van der Waals surface area (Å²) in [5, 5.41) is 5.67. The second-order valence-electron chi connectivity index (χ2n) is 3.24. The fourth-order valence-corrected chi connectivity index (χ4v) is 1.79. The quantitative estimate of drug-likeness (QED) is 0.854. The topological polar surface area (TPSA) is 56.7 Å². The van der Waals surface area contributed by atoms with Crippen molar-refractivity contribution in [2.45, 2.75) is 11.7 Å². The molecule has 0 aliphatic rings. The first-order valence-corrected chi connectivity index (χ1v) is 6.28. The molecule has 1 aromatic heterocycles. The molecule has 6 heteroatoms. The van der Waals surface area contributed by atoms with Crippen LogP contribution in [-0.2, 0) is 6.54 Å². The van der Waals surface area contributed by atoms with Crippen molar-refractivity contribution in [3.05, 3.63) is 34.9 Å². The molecule has 0 saturated carbocycles. The predicted molar refractivity (Wildman–Crippen MR) is 66.8 cm³/mol. The van der Waals surface area contributed by atoms with Gasteiger partial charge in [0.1, 0.15) is 0 Å². The molecule has 2 rings (SSSR count). The molecule has 1 aromatic carbocycles. The number of aromatic nitrogens is 3. The van der Waals surface area contributed by atoms with E-state index in [1.807, 2.05) is 30.5 Å². The van der Waals surface area contributed by atoms with Gasteiger partial charge in [-0.1, -0.05) is 35.5 Å². The minimum absolute atomic E-state index is 0.430. The largest absolute Gasteiger partial charge is 0.368 e. The summed E-state index contributed by atoms with van der Waals surface area (Å²) in [6.45, 7) is 0.608. The van der Waals surface area contributed by atoms with Gasteiger partial charge in [0.15, 0.2) is 0 Å². The van der Waals surface area contributed by atoms with E-state index in [-0.39, 0.29) is 0 Å². The second kappa shape index (κ2) is 4.76. The Labute approximate surface area is 103 Å². The molecule has 0 fully saturated rings. The Morgan fingerprint density at radius 2 is 2.06 bits per heavy atom. The van der Waals surface area contributed by atoms with Gasteiger partial charge >= 0.3 is 0 Å². The van der Waals surface area contributed by atoms with E-state index < -0.39 is 0 Å². The summed E-state index contributed by atoms with van der Waals surface area (Å²) in [6.07, 6.45) is 1.92. The van der Waals surface area contributed by atoms with Crippen molar-refractivity contribution in [1.82, 2.24) is 14.8 Å². The van der Waals surface area contributed by atoms with Gasteiger partial charge in [0.2, 0.25) is 11.1 Å². The molecule has 0 atom stereocenters. The van der Waals surface area contributed by atoms with Gasteiger partial charge in [-0.25, -0.2) is 4.68 Å². The Kier molecular flexibility index (Phi) is 3.36. The molecule has 16 heavy (non-hydrogen) atoms. The number of hydrogen-bond donors (Lipinski definition) is 1. The number of anilines is 1. The maximum absolute atomic E-state index is 5.81. The van der Waals surface area contributed by atoms with Crippen LogP contribution in [0.15, 0.2) is 29.4 Å². The van der Waals surface area contributed by atoms with Crippen LogP contribution in [0.25, 0.3) is 0 Å². The molecule has 84 valence electrons. The van der Waals surface area contributed by atoms with Gasteiger partial charge < -0.3 is 5.73 Å². The van der Waals surface area contributed by atoms with Crippen LogP contribution in [0.5, 0.6) is 0 Å². The third-order valence-electron chi connectivity index (χ3n) is 2.11. The molecule has 2 aromatic rings. The molecule has 0 bridgehead atoms. The maximum Gasteiger partial charge on any atom is 0.219 e. The van der Waals surface area contributed by atoms with E-state index in [4.69, 9.17) is 17.3 Å². The number of nitrogen functional groups attached to an aromatic ring is 1. The Balaban J connectivity index is 2.19. The normalized spacial score (nSPS) is 10.6. The predicted octanol–water partition coefficient (Wildman–Crippen LogP) is 2.28. The third kappa shape index (κ3) is 2.48. The van der Waals surface area contributed by atoms with Gasteiger partial charge in [0, 0.05) is 5.02 Å². The highest BCUT2D eigenvalue weighted by Crippen LogP contribution is 2.14. The van der Waals surface area contributed by atoms with E-state index in [2.05, 4.69) is 10.1 Å². The fourth-order valence-electron chi connectivity index (χ4n) is 1.30. The first-order valence-electron chi connectivity index (χ1n) is 4.68. The molecule has 0 saturated heterocycles. The van der Waals surface area contributed by atoms with Crippen molar-refractivity contribution in [1.29, 1.82) is 0 Å². The SMILES string of the molecule is CSc1nc(N)n(Cc2ccc(Cl)cc2)n1. The summed E-state index contributed by atoms with van der Waals surface area (Å²) >= 11 is 7.28. The number of benzene rings is 1. The zero-order valence-electron chi connectivity index (χ0n) is 8.72. The Morgan fingerprint density at radius 1 is 1.38 bits per heavy atom. The average molecular weight is 255 g/mol. The van der Waals surface area contributed by atoms with Crippen LogP contribution >= 0.6 is 23.4 Å². The molecule has 0 spiro atoms. The van der Waals surface area contributed by atoms with Crippen LogP contribution < -0.4 is 5.73 Å². The highest BCUT2D eigenvalue weighted by Gasteiger charge is 2.06. The number of nitrogens with two attached hydrogens (primary N) is 1. The molecule has 0 radical (unpaired) electrons. The number of nitrogens with zero attached hydrogens (tertiary/aromatic N) is 3. The highest BCUT2D eigenvalue weighted by atomic mass is 35.5. The summed E-state index contributed by atoms with van der Waals surface area (Å²) in [5.74, 6) is 0.430. The van der Waals surface area contributed by atoms with Gasteiger partial charge in [-0.05, 0) is 24.0 Å². The van der Waals surface area contributed by atoms with E-state index in [0.29, 0.717) is 17.6 Å². The minimum atomic E-state index is 0.430. The van der Waals surface area contributed by atoms with Crippen LogP contribution in [-0.4, -0.2) is 21.0 Å². The molecular weight excluding hydrogens is 244 g/mol. The molecule has 2 N–H and O–H groups in total. The zero-order chi connectivity index (χ0) is 11.5. The van der Waals surface area contributed by atoms with Gasteiger partial charge in [0.05, 0.1) is 6.54 Å². The van der Waals surface area contributed by atoms with Gasteiger partial charge in [-0.2, -0.15) is 4.98 Å². The smallest absolute Gasteiger partial charge is 0.219 e. The molecule has 0 aliphatic carbocycles. The number of hydrogen-bond acceptors (Lipinski definition) is 4. The summed E-state index contributed by atoms with van der Waals surface area (Å²) in [6, 6.07) is 7.59. The first-order chi connectivity index (χ1) is 7.69. The minimum Gasteiger partial charge on any atom is -0.368 e. The van der Waals surface area contributed by atoms with Crippen molar-refractivity contribution in [3.63, 3.8) is 0 Å². The molecule has 0 unspecified atom stereocenters. The average Bonchev–Trinajstić information content (AvgIpc) is 2.63. The number of halogens is 1. The lowest BCUT2D eigenvalue weighted by Crippen LogP contribution is -2.06. The standard InChI is InChI=1S/C10H11ClN4S/c1-16-10-13-9(12)15(14-10)6-7-2-4-8(11)5-3-7/h2-5H,6H2,1H3,(H2,12,13,14). The Hall–Kier alpha value is -1.20. The van der Waals surface area contributed by atoms with E-state index in [1.54, 1.807) is 4.68 Å². The number of thioether (sulfide) groups is 1. The van der Waals surface area contributed by atoms with Gasteiger partial charge in [-0.15, -0.1) is 5.10 Å². The lowest BCUT2D eigenvalue weighted by atomic mass is 10.2. The summed E-state index contributed by atoms with van der Waals surface area (Å²) in [5.41, 5.74) is 6.84. The summed E-state index contributed by atoms with van der Waals surface area (Å²) in [4.78, 5) is 4.11. The third-order valence-corrected chi connectivity index (χ3v) is 2.90. The second-order valence-corrected chi connectivity index (χ2v) is 4.45. The van der Waals surface area contributed by atoms with Crippen molar-refractivity contribution >= 4 is 29.3 Å². The summed E-state index contributed by atoms with van der Waals surface area (Å²) < 4.78 is 1.68. The molecule has 1 heterocycles. The van der Waals surface area contributed by atoms with E-state index >= 15 is 0 Å². The summed E-state index contributed by atoms with van der Waals surface area (Å²) in [7, 11) is 0. The highest BCUT2D eigenvalue weighted by molar-refractivity contribution is 7.98. The number of rotatable bonds is 3. The van der Waals surface area contributed by atoms with Gasteiger partial charge in [0.25, 0.3) is 0 Å². The Morgan fingerprint density at radius 3 is 2.62 bits per heavy atom. The monoisotopic (exact) mass is 254 g/mol. The van der Waals surface area contributed by atoms with E-state index in [9.17, 15) is 0 Å². The molecular formula is C10H11ClN4S. The van der Waals surface area contributed by atoms with E-state index in [1.165, 1.54) is 11.8 Å². The van der Waals surface area contributed by atoms with Crippen LogP contribution in [0.4, 0.5) is 5.95 Å². The lowest BCUT2D eigenvalue weighted by molar-refractivity contribution is 0.675. The lowest BCUT2D eigenvalue weighted by Gasteiger charge is -2.02. The van der Waals surface area contributed by atoms with Gasteiger partial charge in [-0.3, -0.25) is 0 Å².